The highest BCUT2D eigenvalue weighted by molar-refractivity contribution is 6.08. The van der Waals surface area contributed by atoms with E-state index in [2.05, 4.69) is 252 Å². The molecule has 0 saturated heterocycles. The summed E-state index contributed by atoms with van der Waals surface area (Å²) in [5.41, 5.74) is 16.3. The Labute approximate surface area is 416 Å². The molecule has 2 aromatic heterocycles. The fourth-order valence-corrected chi connectivity index (χ4v) is 10.8. The third-order valence-corrected chi connectivity index (χ3v) is 14.3. The Morgan fingerprint density at radius 1 is 0.222 bits per heavy atom. The van der Waals surface area contributed by atoms with Crippen molar-refractivity contribution >= 4 is 99.5 Å². The summed E-state index contributed by atoms with van der Waals surface area (Å²) in [5.74, 6) is 0. The topological polar surface area (TPSA) is 32.8 Å². The van der Waals surface area contributed by atoms with Crippen LogP contribution >= 0.6 is 0 Å². The van der Waals surface area contributed by atoms with Gasteiger partial charge in [0, 0.05) is 67.6 Å². The molecule has 0 aliphatic heterocycles. The van der Waals surface area contributed by atoms with Crippen LogP contribution in [0.1, 0.15) is 0 Å². The molecule has 0 saturated carbocycles. The van der Waals surface area contributed by atoms with E-state index in [4.69, 9.17) is 8.83 Å². The molecule has 14 aromatic rings. The number of rotatable bonds is 9. The third-order valence-electron chi connectivity index (χ3n) is 14.3. The van der Waals surface area contributed by atoms with Crippen molar-refractivity contribution in [1.29, 1.82) is 0 Å². The van der Waals surface area contributed by atoms with Crippen molar-refractivity contribution in [3.05, 3.63) is 267 Å². The monoisotopic (exact) mass is 920 g/mol. The highest BCUT2D eigenvalue weighted by Gasteiger charge is 2.24. The fraction of sp³-hybridized carbons (Fsp3) is 0. The van der Waals surface area contributed by atoms with E-state index in [1.807, 2.05) is 24.3 Å². The second-order valence-electron chi connectivity index (χ2n) is 18.4. The summed E-state index contributed by atoms with van der Waals surface area (Å²) >= 11 is 0. The molecule has 0 fully saturated rings. The van der Waals surface area contributed by atoms with Gasteiger partial charge in [-0.1, -0.05) is 176 Å². The Bertz CT molecular complexity index is 4350. The standard InChI is InChI=1S/C68H44N2O2/c1-2-16-49-42-50(29-28-45(49)14-1)46-30-34-51(35-31-46)69(53-38-40-61-59-21-7-11-26-65(59)71-67(61)43-53)63-24-9-5-19-57(63)58-20-6-10-25-64(58)70(54-39-41-62-60-22-8-12-27-66(60)72-68(62)44-54)52-36-32-48(33-37-52)56-23-13-17-47-15-3-4-18-55(47)56/h1-44H. The van der Waals surface area contributed by atoms with Crippen LogP contribution < -0.4 is 9.80 Å². The molecule has 14 rings (SSSR count). The summed E-state index contributed by atoms with van der Waals surface area (Å²) in [6, 6.07) is 95.5. The maximum atomic E-state index is 6.56. The minimum absolute atomic E-state index is 0.836. The van der Waals surface area contributed by atoms with Crippen molar-refractivity contribution < 1.29 is 8.83 Å². The number of nitrogens with zero attached hydrogens (tertiary/aromatic N) is 2. The SMILES string of the molecule is c1ccc(N(c2ccc(-c3ccc4ccccc4c3)cc2)c2ccc3c(c2)oc2ccccc23)c(-c2ccccc2N(c2ccc(-c3cccc4ccccc34)cc2)c2ccc3c(c2)oc2ccccc23)c1. The first kappa shape index (κ1) is 41.3. The number of hydrogen-bond donors (Lipinski definition) is 0. The van der Waals surface area contributed by atoms with Crippen LogP contribution in [0.3, 0.4) is 0 Å². The average Bonchev–Trinajstić information content (AvgIpc) is 4.01. The van der Waals surface area contributed by atoms with Gasteiger partial charge in [-0.2, -0.15) is 0 Å². The second-order valence-corrected chi connectivity index (χ2v) is 18.4. The molecule has 12 aromatic carbocycles. The second kappa shape index (κ2) is 17.1. The van der Waals surface area contributed by atoms with Crippen LogP contribution in [-0.2, 0) is 0 Å². The normalized spacial score (nSPS) is 11.6. The Balaban J connectivity index is 0.942. The third kappa shape index (κ3) is 7.08. The van der Waals surface area contributed by atoms with Crippen molar-refractivity contribution in [2.75, 3.05) is 9.80 Å². The summed E-state index contributed by atoms with van der Waals surface area (Å²) in [6.07, 6.45) is 0. The van der Waals surface area contributed by atoms with Gasteiger partial charge in [0.1, 0.15) is 22.3 Å². The van der Waals surface area contributed by atoms with Crippen molar-refractivity contribution in [1.82, 2.24) is 0 Å². The summed E-state index contributed by atoms with van der Waals surface area (Å²) in [7, 11) is 0. The predicted molar refractivity (Wildman–Crippen MR) is 302 cm³/mol. The van der Waals surface area contributed by atoms with Gasteiger partial charge in [0.2, 0.25) is 0 Å². The van der Waals surface area contributed by atoms with E-state index in [0.29, 0.717) is 0 Å². The first-order chi connectivity index (χ1) is 35.7. The largest absolute Gasteiger partial charge is 0.456 e. The summed E-state index contributed by atoms with van der Waals surface area (Å²) in [5, 5.41) is 9.28. The van der Waals surface area contributed by atoms with Gasteiger partial charge in [0.25, 0.3) is 0 Å². The average molecular weight is 921 g/mol. The molecule has 0 atom stereocenters. The molecule has 4 nitrogen and oxygen atoms in total. The molecule has 338 valence electrons. The van der Waals surface area contributed by atoms with Gasteiger partial charge in [-0.05, 0) is 123 Å². The summed E-state index contributed by atoms with van der Waals surface area (Å²) < 4.78 is 13.1. The van der Waals surface area contributed by atoms with Crippen LogP contribution in [0.4, 0.5) is 34.1 Å². The van der Waals surface area contributed by atoms with Crippen molar-refractivity contribution in [3.8, 4) is 33.4 Å². The number of para-hydroxylation sites is 4. The summed E-state index contributed by atoms with van der Waals surface area (Å²) in [4.78, 5) is 4.74. The molecule has 2 heterocycles. The molecule has 0 aliphatic carbocycles. The number of benzene rings is 12. The zero-order valence-corrected chi connectivity index (χ0v) is 39.1. The Hall–Kier alpha value is -9.64. The Kier molecular flexibility index (Phi) is 9.82. The molecular weight excluding hydrogens is 877 g/mol. The van der Waals surface area contributed by atoms with Crippen molar-refractivity contribution in [3.63, 3.8) is 0 Å². The van der Waals surface area contributed by atoms with Gasteiger partial charge in [-0.3, -0.25) is 0 Å². The predicted octanol–water partition coefficient (Wildman–Crippen LogP) is 19.7. The highest BCUT2D eigenvalue weighted by Crippen LogP contribution is 2.48. The lowest BCUT2D eigenvalue weighted by Crippen LogP contribution is -2.13. The van der Waals surface area contributed by atoms with Gasteiger partial charge in [-0.15, -0.1) is 0 Å². The minimum atomic E-state index is 0.836. The number of hydrogen-bond acceptors (Lipinski definition) is 4. The molecule has 0 amide bonds. The molecule has 4 heteroatoms. The van der Waals surface area contributed by atoms with Crippen LogP contribution in [-0.4, -0.2) is 0 Å². The number of anilines is 6. The van der Waals surface area contributed by atoms with Gasteiger partial charge < -0.3 is 18.6 Å². The first-order valence-electron chi connectivity index (χ1n) is 24.5. The van der Waals surface area contributed by atoms with Crippen LogP contribution in [0.25, 0.3) is 98.8 Å². The van der Waals surface area contributed by atoms with E-state index in [0.717, 1.165) is 100 Å². The minimum Gasteiger partial charge on any atom is -0.456 e. The molecule has 0 N–H and O–H groups in total. The van der Waals surface area contributed by atoms with Crippen LogP contribution in [0.2, 0.25) is 0 Å². The van der Waals surface area contributed by atoms with Gasteiger partial charge in [0.05, 0.1) is 11.4 Å². The van der Waals surface area contributed by atoms with E-state index < -0.39 is 0 Å². The number of furan rings is 2. The highest BCUT2D eigenvalue weighted by atomic mass is 16.3. The molecule has 0 aliphatic rings. The summed E-state index contributed by atoms with van der Waals surface area (Å²) in [6.45, 7) is 0. The number of fused-ring (bicyclic) bond motifs is 8. The lowest BCUT2D eigenvalue weighted by Gasteiger charge is -2.31. The molecule has 0 bridgehead atoms. The zero-order valence-electron chi connectivity index (χ0n) is 39.1. The van der Waals surface area contributed by atoms with E-state index >= 15 is 0 Å². The smallest absolute Gasteiger partial charge is 0.137 e. The van der Waals surface area contributed by atoms with E-state index in [1.54, 1.807) is 0 Å². The first-order valence-corrected chi connectivity index (χ1v) is 24.5. The van der Waals surface area contributed by atoms with E-state index in [9.17, 15) is 0 Å². The molecule has 0 radical (unpaired) electrons. The maximum absolute atomic E-state index is 6.56. The molecule has 72 heavy (non-hydrogen) atoms. The van der Waals surface area contributed by atoms with Crippen LogP contribution in [0.15, 0.2) is 276 Å². The Morgan fingerprint density at radius 3 is 1.24 bits per heavy atom. The fourth-order valence-electron chi connectivity index (χ4n) is 10.8. The van der Waals surface area contributed by atoms with E-state index in [1.165, 1.54) is 32.7 Å². The lowest BCUT2D eigenvalue weighted by atomic mass is 9.97. The molecule has 0 spiro atoms. The maximum Gasteiger partial charge on any atom is 0.137 e. The van der Waals surface area contributed by atoms with Gasteiger partial charge in [-0.25, -0.2) is 0 Å². The van der Waals surface area contributed by atoms with Gasteiger partial charge >= 0.3 is 0 Å². The van der Waals surface area contributed by atoms with Crippen LogP contribution in [0.5, 0.6) is 0 Å². The molecule has 0 unspecified atom stereocenters. The van der Waals surface area contributed by atoms with Crippen molar-refractivity contribution in [2.24, 2.45) is 0 Å². The Morgan fingerprint density at radius 2 is 0.639 bits per heavy atom. The van der Waals surface area contributed by atoms with Crippen LogP contribution in [0, 0.1) is 0 Å². The van der Waals surface area contributed by atoms with Crippen molar-refractivity contribution in [2.45, 2.75) is 0 Å². The quantitative estimate of drug-likeness (QED) is 0.144. The lowest BCUT2D eigenvalue weighted by molar-refractivity contribution is 0.668. The zero-order chi connectivity index (χ0) is 47.5. The van der Waals surface area contributed by atoms with E-state index in [-0.39, 0.29) is 0 Å². The van der Waals surface area contributed by atoms with Gasteiger partial charge in [0.15, 0.2) is 0 Å². The molecular formula is C68H44N2O2.